The lowest BCUT2D eigenvalue weighted by atomic mass is 9.66. The minimum atomic E-state index is 1.15. The molecule has 15 valence electrons. The molecule has 0 aliphatic heterocycles. The van der Waals surface area contributed by atoms with Gasteiger partial charge in [0.15, 0.2) is 7.98 Å². The van der Waals surface area contributed by atoms with Gasteiger partial charge < -0.3 is 5.14 Å². The smallest absolute Gasteiger partial charge is 0.163 e. The SMILES string of the molecule is [B][B]N[B]. The molecule has 4 heteroatoms. The molecule has 0 aliphatic carbocycles. The molecular formula is HB3N. The quantitative estimate of drug-likeness (QED) is 0.350. The Morgan fingerprint density at radius 3 is 2.00 bits per heavy atom. The average molecular weight is 47.5 g/mol. The molecule has 0 unspecified atom stereocenters. The molecule has 5 radical (unpaired) electrons. The molecule has 0 aromatic rings. The monoisotopic (exact) mass is 48.0 g/mol. The van der Waals surface area contributed by atoms with Gasteiger partial charge in [0.1, 0.15) is 7.31 Å². The Balaban J connectivity index is 1.97. The lowest BCUT2D eigenvalue weighted by molar-refractivity contribution is 1.67. The number of rotatable bonds is 1. The fourth-order valence-electron chi connectivity index (χ4n) is 0. The zero-order chi connectivity index (χ0) is 3.41. The normalized spacial score (nSPS) is 6.00. The van der Waals surface area contributed by atoms with E-state index in [0.29, 0.717) is 0 Å². The Labute approximate surface area is 29.2 Å². The molecule has 0 aromatic heterocycles. The largest absolute Gasteiger partial charge is 0.420 e. The van der Waals surface area contributed by atoms with Crippen LogP contribution < -0.4 is 5.14 Å². The van der Waals surface area contributed by atoms with Crippen LogP contribution in [-0.4, -0.2) is 23.0 Å². The van der Waals surface area contributed by atoms with Gasteiger partial charge in [0.25, 0.3) is 0 Å². The van der Waals surface area contributed by atoms with E-state index in [9.17, 15) is 0 Å². The Morgan fingerprint density at radius 1 is 1.75 bits per heavy atom. The first-order chi connectivity index (χ1) is 1.91. The summed E-state index contributed by atoms with van der Waals surface area (Å²) < 4.78 is 0. The molecule has 1 nitrogen and oxygen atoms in total. The highest BCUT2D eigenvalue weighted by molar-refractivity contribution is 6.89. The highest BCUT2D eigenvalue weighted by atomic mass is 14.6. The Bertz CT molecular complexity index is 5.25. The van der Waals surface area contributed by atoms with E-state index in [2.05, 4.69) is 20.9 Å². The molecule has 1 N–H and O–H groups in total. The first kappa shape index (κ1) is 4.15. The van der Waals surface area contributed by atoms with Crippen molar-refractivity contribution < 1.29 is 0 Å². The second-order valence-corrected chi connectivity index (χ2v) is 0.333. The molecule has 0 saturated heterocycles. The molecule has 0 heterocycles. The first-order valence-corrected chi connectivity index (χ1v) is 0.911. The molecule has 0 atom stereocenters. The van der Waals surface area contributed by atoms with Crippen LogP contribution in [0.3, 0.4) is 0 Å². The molecule has 4 heavy (non-hydrogen) atoms. The van der Waals surface area contributed by atoms with Gasteiger partial charge in [0, 0.05) is 7.74 Å². The van der Waals surface area contributed by atoms with Crippen LogP contribution in [0.4, 0.5) is 0 Å². The summed E-state index contributed by atoms with van der Waals surface area (Å²) in [5.74, 6) is 0. The van der Waals surface area contributed by atoms with Gasteiger partial charge in [-0.15, -0.1) is 0 Å². The summed E-state index contributed by atoms with van der Waals surface area (Å²) in [6.45, 7) is 0. The number of hydrogen-bond acceptors (Lipinski definition) is 1. The molecular weight excluding hydrogens is 46.4 g/mol. The Morgan fingerprint density at radius 2 is 2.00 bits per heavy atom. The van der Waals surface area contributed by atoms with Gasteiger partial charge in [0.2, 0.25) is 0 Å². The van der Waals surface area contributed by atoms with E-state index in [4.69, 9.17) is 0 Å². The van der Waals surface area contributed by atoms with E-state index in [1.54, 1.807) is 0 Å². The summed E-state index contributed by atoms with van der Waals surface area (Å²) in [6.07, 6.45) is 0. The van der Waals surface area contributed by atoms with E-state index in [-0.39, 0.29) is 0 Å². The second-order valence-electron chi connectivity index (χ2n) is 0.333. The summed E-state index contributed by atoms with van der Waals surface area (Å²) >= 11 is 0. The van der Waals surface area contributed by atoms with Crippen molar-refractivity contribution in [1.29, 1.82) is 0 Å². The summed E-state index contributed by atoms with van der Waals surface area (Å²) in [7, 11) is 10.4. The lowest BCUT2D eigenvalue weighted by Crippen LogP contribution is -2.13. The summed E-state index contributed by atoms with van der Waals surface area (Å²) in [5, 5.41) is 2.08. The zero-order valence-corrected chi connectivity index (χ0v) is 2.23. The third kappa shape index (κ3) is 2.15. The zero-order valence-electron chi connectivity index (χ0n) is 2.23. The van der Waals surface area contributed by atoms with Crippen LogP contribution in [0.15, 0.2) is 0 Å². The maximum Gasteiger partial charge on any atom is 0.163 e. The Kier molecular flexibility index (Phi) is 3.28. The summed E-state index contributed by atoms with van der Waals surface area (Å²) in [4.78, 5) is 0. The lowest BCUT2D eigenvalue weighted by Gasteiger charge is -1.73. The van der Waals surface area contributed by atoms with Gasteiger partial charge in [-0.2, -0.15) is 0 Å². The second kappa shape index (κ2) is 3.15. The predicted octanol–water partition coefficient (Wildman–Crippen LogP) is -1.64. The van der Waals surface area contributed by atoms with Gasteiger partial charge in [-0.1, -0.05) is 0 Å². The highest BCUT2D eigenvalue weighted by Gasteiger charge is 1.57. The van der Waals surface area contributed by atoms with Crippen LogP contribution >= 0.6 is 0 Å². The molecule has 0 aromatic carbocycles. The van der Waals surface area contributed by atoms with Crippen molar-refractivity contribution in [1.82, 2.24) is 5.14 Å². The third-order valence-corrected chi connectivity index (χ3v) is 0.0962. The molecule has 0 fully saturated rings. The number of nitrogens with one attached hydrogen (secondary N) is 1. The van der Waals surface area contributed by atoms with Crippen molar-refractivity contribution in [3.63, 3.8) is 0 Å². The van der Waals surface area contributed by atoms with Crippen LogP contribution in [0.1, 0.15) is 0 Å². The topological polar surface area (TPSA) is 12.0 Å². The maximum absolute atomic E-state index is 4.67. The van der Waals surface area contributed by atoms with Gasteiger partial charge in [-0.25, -0.2) is 0 Å². The summed E-state index contributed by atoms with van der Waals surface area (Å²) in [6, 6.07) is 0. The average Bonchev–Trinajstić information content (AvgIpc) is 1.37. The van der Waals surface area contributed by atoms with Crippen molar-refractivity contribution in [2.75, 3.05) is 0 Å². The minimum Gasteiger partial charge on any atom is -0.420 e. The van der Waals surface area contributed by atoms with Crippen molar-refractivity contribution in [2.24, 2.45) is 0 Å². The summed E-state index contributed by atoms with van der Waals surface area (Å²) in [5.41, 5.74) is 0. The number of hydrogen-bond donors (Lipinski definition) is 1. The van der Waals surface area contributed by atoms with E-state index >= 15 is 0 Å². The fraction of sp³-hybridized carbons (Fsp3) is 0. The molecule has 0 saturated carbocycles. The van der Waals surface area contributed by atoms with Crippen molar-refractivity contribution in [3.05, 3.63) is 0 Å². The Hall–Kier alpha value is 0.155. The van der Waals surface area contributed by atoms with E-state index < -0.39 is 0 Å². The third-order valence-electron chi connectivity index (χ3n) is 0.0962. The predicted molar refractivity (Wildman–Crippen MR) is 20.4 cm³/mol. The van der Waals surface area contributed by atoms with Crippen molar-refractivity contribution in [3.8, 4) is 0 Å². The van der Waals surface area contributed by atoms with Crippen molar-refractivity contribution >= 4 is 23.0 Å². The molecule has 0 rings (SSSR count). The molecule has 0 spiro atoms. The fourth-order valence-corrected chi connectivity index (χ4v) is 0. The van der Waals surface area contributed by atoms with Crippen LogP contribution in [0.25, 0.3) is 0 Å². The van der Waals surface area contributed by atoms with Gasteiger partial charge >= 0.3 is 0 Å². The van der Waals surface area contributed by atoms with Crippen molar-refractivity contribution in [2.45, 2.75) is 0 Å². The van der Waals surface area contributed by atoms with E-state index in [1.807, 2.05) is 0 Å². The molecule has 0 bridgehead atoms. The van der Waals surface area contributed by atoms with Crippen LogP contribution in [0.5, 0.6) is 0 Å². The first-order valence-electron chi connectivity index (χ1n) is 0.911. The minimum absolute atomic E-state index is 1.15. The van der Waals surface area contributed by atoms with Gasteiger partial charge in [-0.05, 0) is 0 Å². The highest BCUT2D eigenvalue weighted by Crippen LogP contribution is 1.13. The molecule has 0 aliphatic rings. The van der Waals surface area contributed by atoms with Gasteiger partial charge in [0.05, 0.1) is 0 Å². The van der Waals surface area contributed by atoms with Gasteiger partial charge in [-0.3, -0.25) is 0 Å². The van der Waals surface area contributed by atoms with E-state index in [0.717, 1.165) is 7.31 Å². The maximum atomic E-state index is 4.67. The standard InChI is InChI=1S/B3HN/c1-3-4-2/h4H. The molecule has 0 amide bonds. The van der Waals surface area contributed by atoms with E-state index in [1.165, 1.54) is 0 Å². The van der Waals surface area contributed by atoms with Crippen LogP contribution in [0, 0.1) is 0 Å². The van der Waals surface area contributed by atoms with Crippen LogP contribution in [-0.2, 0) is 0 Å². The van der Waals surface area contributed by atoms with Crippen LogP contribution in [0.2, 0.25) is 0 Å².